The number of aromatic nitrogens is 3. The Morgan fingerprint density at radius 2 is 1.79 bits per heavy atom. The molecule has 0 unspecified atom stereocenters. The average Bonchev–Trinajstić information content (AvgIpc) is 3.30. The van der Waals surface area contributed by atoms with Crippen LogP contribution in [0.1, 0.15) is 45.6 Å². The Labute approximate surface area is 237 Å². The van der Waals surface area contributed by atoms with Crippen LogP contribution in [0.5, 0.6) is 0 Å². The topological polar surface area (TPSA) is 79.6 Å². The van der Waals surface area contributed by atoms with Crippen LogP contribution in [0.2, 0.25) is 5.02 Å². The monoisotopic (exact) mass is 615 g/mol. The maximum absolute atomic E-state index is 13.4. The first-order valence-corrected chi connectivity index (χ1v) is 15.4. The van der Waals surface area contributed by atoms with Crippen LogP contribution in [0.4, 0.5) is 5.82 Å². The van der Waals surface area contributed by atoms with Gasteiger partial charge in [0.1, 0.15) is 5.82 Å². The first-order valence-electron chi connectivity index (χ1n) is 12.8. The minimum absolute atomic E-state index is 0.0144. The van der Waals surface area contributed by atoms with Crippen LogP contribution < -0.4 is 5.32 Å². The van der Waals surface area contributed by atoms with Crippen LogP contribution in [0, 0.1) is 0 Å². The molecule has 0 atom stereocenters. The van der Waals surface area contributed by atoms with Gasteiger partial charge in [0.15, 0.2) is 5.65 Å². The van der Waals surface area contributed by atoms with Gasteiger partial charge in [-0.05, 0) is 64.4 Å². The molecule has 3 heterocycles. The lowest BCUT2D eigenvalue weighted by Gasteiger charge is -2.32. The van der Waals surface area contributed by atoms with Crippen molar-refractivity contribution in [1.82, 2.24) is 18.9 Å². The molecule has 1 fully saturated rings. The summed E-state index contributed by atoms with van der Waals surface area (Å²) in [4.78, 5) is 5.11. The summed E-state index contributed by atoms with van der Waals surface area (Å²) in [5, 5.41) is 8.68. The van der Waals surface area contributed by atoms with Crippen molar-refractivity contribution in [2.45, 2.75) is 56.4 Å². The van der Waals surface area contributed by atoms with E-state index in [1.165, 1.54) is 0 Å². The fourth-order valence-corrected chi connectivity index (χ4v) is 6.78. The van der Waals surface area contributed by atoms with E-state index >= 15 is 0 Å². The summed E-state index contributed by atoms with van der Waals surface area (Å²) >= 11 is 10.0. The van der Waals surface area contributed by atoms with Crippen molar-refractivity contribution in [3.63, 3.8) is 0 Å². The third-order valence-electron chi connectivity index (χ3n) is 7.54. The summed E-state index contributed by atoms with van der Waals surface area (Å²) in [5.41, 5.74) is 3.41. The van der Waals surface area contributed by atoms with Gasteiger partial charge in [-0.15, -0.1) is 0 Å². The molecule has 1 N–H and O–H groups in total. The summed E-state index contributed by atoms with van der Waals surface area (Å²) in [6, 6.07) is 17.0. The quantitative estimate of drug-likeness (QED) is 0.248. The van der Waals surface area contributed by atoms with E-state index in [0.29, 0.717) is 41.5 Å². The third-order valence-corrected chi connectivity index (χ3v) is 10.3. The number of hydrogen-bond donors (Lipinski definition) is 1. The van der Waals surface area contributed by atoms with E-state index in [9.17, 15) is 8.42 Å². The molecular formula is C28H31BrClN5O2S. The van der Waals surface area contributed by atoms with Gasteiger partial charge in [0.2, 0.25) is 10.0 Å². The molecule has 5 rings (SSSR count). The van der Waals surface area contributed by atoms with Gasteiger partial charge < -0.3 is 5.32 Å². The van der Waals surface area contributed by atoms with Gasteiger partial charge in [-0.25, -0.2) is 13.4 Å². The first-order chi connectivity index (χ1) is 18.1. The molecule has 2 aromatic carbocycles. The third kappa shape index (κ3) is 5.21. The van der Waals surface area contributed by atoms with E-state index in [-0.39, 0.29) is 11.5 Å². The van der Waals surface area contributed by atoms with Gasteiger partial charge in [-0.1, -0.05) is 62.7 Å². The lowest BCUT2D eigenvalue weighted by atomic mass is 9.82. The Morgan fingerprint density at radius 3 is 2.45 bits per heavy atom. The van der Waals surface area contributed by atoms with Crippen molar-refractivity contribution in [3.05, 3.63) is 75.9 Å². The van der Waals surface area contributed by atoms with Crippen LogP contribution in [-0.2, 0) is 15.4 Å². The Morgan fingerprint density at radius 1 is 1.11 bits per heavy atom. The molecule has 0 radical (unpaired) electrons. The summed E-state index contributed by atoms with van der Waals surface area (Å²) in [6.45, 7) is 7.37. The van der Waals surface area contributed by atoms with Crippen molar-refractivity contribution in [3.8, 4) is 11.3 Å². The zero-order valence-corrected chi connectivity index (χ0v) is 24.8. The second-order valence-corrected chi connectivity index (χ2v) is 13.5. The number of halogens is 2. The molecular weight excluding hydrogens is 586 g/mol. The van der Waals surface area contributed by atoms with Gasteiger partial charge in [-0.2, -0.15) is 13.9 Å². The highest BCUT2D eigenvalue weighted by Crippen LogP contribution is 2.32. The van der Waals surface area contributed by atoms with Crippen molar-refractivity contribution in [2.24, 2.45) is 0 Å². The van der Waals surface area contributed by atoms with Crippen LogP contribution in [0.25, 0.3) is 16.9 Å². The van der Waals surface area contributed by atoms with Gasteiger partial charge in [0, 0.05) is 35.8 Å². The lowest BCUT2D eigenvalue weighted by molar-refractivity contribution is 0.329. The van der Waals surface area contributed by atoms with E-state index in [1.54, 1.807) is 27.2 Å². The van der Waals surface area contributed by atoms with Gasteiger partial charge in [0.05, 0.1) is 21.3 Å². The molecule has 0 saturated carbocycles. The van der Waals surface area contributed by atoms with Crippen LogP contribution >= 0.6 is 27.5 Å². The summed E-state index contributed by atoms with van der Waals surface area (Å²) in [7, 11) is -3.55. The highest BCUT2D eigenvalue weighted by molar-refractivity contribution is 9.10. The lowest BCUT2D eigenvalue weighted by Crippen LogP contribution is -2.42. The zero-order chi connectivity index (χ0) is 27.1. The highest BCUT2D eigenvalue weighted by Gasteiger charge is 2.30. The van der Waals surface area contributed by atoms with E-state index in [2.05, 4.69) is 47.1 Å². The smallest absolute Gasteiger partial charge is 0.243 e. The minimum Gasteiger partial charge on any atom is -0.367 e. The van der Waals surface area contributed by atoms with Crippen LogP contribution in [-0.4, -0.2) is 46.5 Å². The number of nitrogens with one attached hydrogen (secondary N) is 1. The fourth-order valence-electron chi connectivity index (χ4n) is 4.73. The average molecular weight is 617 g/mol. The number of hydrogen-bond acceptors (Lipinski definition) is 5. The fraction of sp³-hybridized carbons (Fsp3) is 0.357. The molecule has 1 saturated heterocycles. The largest absolute Gasteiger partial charge is 0.367 e. The number of benzene rings is 2. The number of rotatable bonds is 7. The molecule has 0 bridgehead atoms. The minimum atomic E-state index is -3.55. The molecule has 0 aliphatic carbocycles. The van der Waals surface area contributed by atoms with Crippen molar-refractivity contribution >= 4 is 49.0 Å². The molecule has 10 heteroatoms. The zero-order valence-electron chi connectivity index (χ0n) is 21.7. The molecule has 200 valence electrons. The molecule has 2 aromatic heterocycles. The number of sulfonamides is 1. The van der Waals surface area contributed by atoms with E-state index in [1.807, 2.05) is 42.5 Å². The molecule has 0 spiro atoms. The molecule has 4 aromatic rings. The number of piperidine rings is 1. The molecule has 1 aliphatic heterocycles. The van der Waals surface area contributed by atoms with Crippen molar-refractivity contribution in [1.29, 1.82) is 0 Å². The van der Waals surface area contributed by atoms with Gasteiger partial charge in [0.25, 0.3) is 0 Å². The van der Waals surface area contributed by atoms with E-state index in [0.717, 1.165) is 33.5 Å². The number of anilines is 1. The summed E-state index contributed by atoms with van der Waals surface area (Å²) in [6.07, 6.45) is 4.05. The second kappa shape index (κ2) is 10.6. The second-order valence-electron chi connectivity index (χ2n) is 10.3. The predicted molar refractivity (Wildman–Crippen MR) is 156 cm³/mol. The Kier molecular flexibility index (Phi) is 7.57. The van der Waals surface area contributed by atoms with Crippen molar-refractivity contribution in [2.75, 3.05) is 18.4 Å². The Bertz CT molecular complexity index is 1560. The van der Waals surface area contributed by atoms with Crippen LogP contribution in [0.3, 0.4) is 0 Å². The molecule has 38 heavy (non-hydrogen) atoms. The summed E-state index contributed by atoms with van der Waals surface area (Å²) < 4.78 is 30.8. The normalized spacial score (nSPS) is 15.7. The van der Waals surface area contributed by atoms with E-state index < -0.39 is 10.0 Å². The number of fused-ring (bicyclic) bond motifs is 1. The molecule has 1 aliphatic rings. The summed E-state index contributed by atoms with van der Waals surface area (Å²) in [5.74, 6) is 0.783. The Hall–Kier alpha value is -2.46. The maximum Gasteiger partial charge on any atom is 0.243 e. The molecule has 7 nitrogen and oxygen atoms in total. The van der Waals surface area contributed by atoms with Gasteiger partial charge in [-0.3, -0.25) is 0 Å². The standard InChI is InChI=1S/C28H31BrClN5O2S/c1-4-28(2,3)19-9-11-21(12-10-19)38(36,37)34-15-13-20(14-16-34)32-26-17-25(22-7-5-6-8-24(22)30)33-27-23(29)18-31-35(26)27/h5-12,17-18,20,32H,4,13-16H2,1-3H3. The first kappa shape index (κ1) is 27.1. The SMILES string of the molecule is CCC(C)(C)c1ccc(S(=O)(=O)N2CCC(Nc3cc(-c4ccccc4Cl)nc4c(Br)cnn34)CC2)cc1. The van der Waals surface area contributed by atoms with Crippen molar-refractivity contribution < 1.29 is 8.42 Å². The maximum atomic E-state index is 13.4. The van der Waals surface area contributed by atoms with E-state index in [4.69, 9.17) is 16.6 Å². The highest BCUT2D eigenvalue weighted by atomic mass is 79.9. The van der Waals surface area contributed by atoms with Gasteiger partial charge >= 0.3 is 0 Å². The molecule has 0 amide bonds. The predicted octanol–water partition coefficient (Wildman–Crippen LogP) is 6.77. The number of nitrogens with zero attached hydrogens (tertiary/aromatic N) is 4. The Balaban J connectivity index is 1.33. The van der Waals surface area contributed by atoms with Crippen LogP contribution in [0.15, 0.2) is 70.2 Å².